The molecule has 3 nitrogen and oxygen atoms in total. The number of rotatable bonds is 8. The predicted molar refractivity (Wildman–Crippen MR) is 119 cm³/mol. The highest BCUT2D eigenvalue weighted by Gasteiger charge is 2.34. The van der Waals surface area contributed by atoms with Gasteiger partial charge in [-0.1, -0.05) is 91.0 Å². The van der Waals surface area contributed by atoms with Gasteiger partial charge in [0.1, 0.15) is 6.61 Å². The smallest absolute Gasteiger partial charge is 0.309 e. The van der Waals surface area contributed by atoms with Gasteiger partial charge in [0.25, 0.3) is 0 Å². The van der Waals surface area contributed by atoms with Crippen molar-refractivity contribution in [1.82, 2.24) is 4.90 Å². The van der Waals surface area contributed by atoms with Gasteiger partial charge in [-0.2, -0.15) is 0 Å². The fourth-order valence-electron chi connectivity index (χ4n) is 4.30. The van der Waals surface area contributed by atoms with Crippen LogP contribution >= 0.6 is 0 Å². The van der Waals surface area contributed by atoms with Gasteiger partial charge in [-0.05, 0) is 36.0 Å². The number of ether oxygens (including phenoxy) is 1. The quantitative estimate of drug-likeness (QED) is 0.462. The van der Waals surface area contributed by atoms with Crippen LogP contribution in [0, 0.1) is 5.92 Å². The Morgan fingerprint density at radius 2 is 1.23 bits per heavy atom. The lowest BCUT2D eigenvalue weighted by molar-refractivity contribution is -0.149. The number of esters is 1. The third-order valence-corrected chi connectivity index (χ3v) is 5.94. The first-order valence-electron chi connectivity index (χ1n) is 10.8. The predicted octanol–water partition coefficient (Wildman–Crippen LogP) is 5.60. The van der Waals surface area contributed by atoms with Crippen LogP contribution in [0.4, 0.5) is 0 Å². The molecule has 3 aromatic carbocycles. The first-order valence-corrected chi connectivity index (χ1v) is 10.8. The fourth-order valence-corrected chi connectivity index (χ4v) is 4.30. The molecular formula is C27H29NO2. The molecular weight excluding hydrogens is 370 g/mol. The monoisotopic (exact) mass is 399 g/mol. The normalized spacial score (nSPS) is 18.4. The van der Waals surface area contributed by atoms with Gasteiger partial charge in [0.15, 0.2) is 0 Å². The summed E-state index contributed by atoms with van der Waals surface area (Å²) >= 11 is 0. The van der Waals surface area contributed by atoms with Crippen LogP contribution in [0.5, 0.6) is 0 Å². The molecule has 2 atom stereocenters. The number of carbonyl (C=O) groups is 1. The fraction of sp³-hybridized carbons (Fsp3) is 0.296. The number of nitrogens with zero attached hydrogens (tertiary/aromatic N) is 1. The number of hydrogen-bond donors (Lipinski definition) is 0. The van der Waals surface area contributed by atoms with E-state index in [9.17, 15) is 4.79 Å². The van der Waals surface area contributed by atoms with Gasteiger partial charge in [0.05, 0.1) is 5.92 Å². The summed E-state index contributed by atoms with van der Waals surface area (Å²) in [5.74, 6) is -0.0616. The van der Waals surface area contributed by atoms with E-state index in [0.29, 0.717) is 12.6 Å². The summed E-state index contributed by atoms with van der Waals surface area (Å²) in [6.45, 7) is 2.15. The summed E-state index contributed by atoms with van der Waals surface area (Å²) in [7, 11) is 0. The van der Waals surface area contributed by atoms with Crippen LogP contribution in [0.1, 0.15) is 36.0 Å². The molecule has 3 aromatic rings. The Labute approximate surface area is 179 Å². The molecule has 0 bridgehead atoms. The minimum Gasteiger partial charge on any atom is -0.461 e. The lowest BCUT2D eigenvalue weighted by Crippen LogP contribution is -2.33. The summed E-state index contributed by atoms with van der Waals surface area (Å²) in [5.41, 5.74) is 3.65. The zero-order valence-corrected chi connectivity index (χ0v) is 17.3. The van der Waals surface area contributed by atoms with Crippen molar-refractivity contribution in [3.8, 4) is 0 Å². The summed E-state index contributed by atoms with van der Waals surface area (Å²) in [4.78, 5) is 15.2. The molecule has 0 unspecified atom stereocenters. The third-order valence-electron chi connectivity index (χ3n) is 5.94. The molecule has 0 spiro atoms. The van der Waals surface area contributed by atoms with Gasteiger partial charge in [0, 0.05) is 19.1 Å². The van der Waals surface area contributed by atoms with Crippen LogP contribution < -0.4 is 0 Å². The molecule has 154 valence electrons. The molecule has 0 heterocycles. The van der Waals surface area contributed by atoms with E-state index in [2.05, 4.69) is 65.6 Å². The van der Waals surface area contributed by atoms with Gasteiger partial charge in [-0.15, -0.1) is 0 Å². The van der Waals surface area contributed by atoms with Crippen LogP contribution in [0.15, 0.2) is 91.0 Å². The zero-order valence-electron chi connectivity index (χ0n) is 17.3. The highest BCUT2D eigenvalue weighted by atomic mass is 16.5. The molecule has 1 fully saturated rings. The number of carbonyl (C=O) groups excluding carboxylic acids is 1. The van der Waals surface area contributed by atoms with Crippen molar-refractivity contribution >= 4 is 5.97 Å². The molecule has 1 aliphatic rings. The SMILES string of the molecule is O=C(OCc1ccccc1)[C@@H]1CC[C@@H](N(Cc2ccccc2)Cc2ccccc2)C1. The molecule has 30 heavy (non-hydrogen) atoms. The van der Waals surface area contributed by atoms with E-state index in [-0.39, 0.29) is 11.9 Å². The standard InChI is InChI=1S/C27H29NO2/c29-27(30-21-24-14-8-3-9-15-24)25-16-17-26(18-25)28(19-22-10-4-1-5-11-22)20-23-12-6-2-7-13-23/h1-15,25-26H,16-21H2/t25-,26-/m1/s1. The highest BCUT2D eigenvalue weighted by molar-refractivity contribution is 5.72. The maximum Gasteiger partial charge on any atom is 0.309 e. The summed E-state index contributed by atoms with van der Waals surface area (Å²) < 4.78 is 5.62. The first-order chi connectivity index (χ1) is 14.8. The Bertz CT molecular complexity index is 870. The second-order valence-corrected chi connectivity index (χ2v) is 8.13. The van der Waals surface area contributed by atoms with E-state index < -0.39 is 0 Å². The van der Waals surface area contributed by atoms with E-state index in [1.54, 1.807) is 0 Å². The third kappa shape index (κ3) is 5.58. The maximum absolute atomic E-state index is 12.7. The Morgan fingerprint density at radius 3 is 1.77 bits per heavy atom. The van der Waals surface area contributed by atoms with Crippen molar-refractivity contribution in [1.29, 1.82) is 0 Å². The Kier molecular flexibility index (Phi) is 6.94. The molecule has 3 heteroatoms. The molecule has 0 amide bonds. The average Bonchev–Trinajstić information content (AvgIpc) is 3.30. The minimum atomic E-state index is -0.0549. The summed E-state index contributed by atoms with van der Waals surface area (Å²) in [6.07, 6.45) is 2.80. The summed E-state index contributed by atoms with van der Waals surface area (Å²) in [5, 5.41) is 0. The van der Waals surface area contributed by atoms with Crippen molar-refractivity contribution in [2.45, 2.75) is 45.0 Å². The molecule has 4 rings (SSSR count). The van der Waals surface area contributed by atoms with E-state index >= 15 is 0 Å². The van der Waals surface area contributed by atoms with Crippen LogP contribution in [-0.2, 0) is 29.2 Å². The first kappa shape index (κ1) is 20.4. The Balaban J connectivity index is 1.39. The van der Waals surface area contributed by atoms with Crippen molar-refractivity contribution in [2.75, 3.05) is 0 Å². The highest BCUT2D eigenvalue weighted by Crippen LogP contribution is 2.32. The molecule has 1 aliphatic carbocycles. The molecule has 1 saturated carbocycles. The topological polar surface area (TPSA) is 29.5 Å². The van der Waals surface area contributed by atoms with Crippen molar-refractivity contribution in [2.24, 2.45) is 5.92 Å². The zero-order chi connectivity index (χ0) is 20.6. The van der Waals surface area contributed by atoms with E-state index in [4.69, 9.17) is 4.74 Å². The summed E-state index contributed by atoms with van der Waals surface area (Å²) in [6, 6.07) is 31.5. The van der Waals surface area contributed by atoms with Gasteiger partial charge in [-0.25, -0.2) is 0 Å². The van der Waals surface area contributed by atoms with Crippen LogP contribution in [0.3, 0.4) is 0 Å². The molecule has 0 radical (unpaired) electrons. The number of hydrogen-bond acceptors (Lipinski definition) is 3. The lowest BCUT2D eigenvalue weighted by Gasteiger charge is -2.29. The van der Waals surface area contributed by atoms with Gasteiger partial charge in [0.2, 0.25) is 0 Å². The van der Waals surface area contributed by atoms with Crippen molar-refractivity contribution in [3.63, 3.8) is 0 Å². The van der Waals surface area contributed by atoms with Gasteiger partial charge in [-0.3, -0.25) is 9.69 Å². The maximum atomic E-state index is 12.7. The molecule has 0 saturated heterocycles. The van der Waals surface area contributed by atoms with Gasteiger partial charge >= 0.3 is 5.97 Å². The largest absolute Gasteiger partial charge is 0.461 e. The molecule has 0 aromatic heterocycles. The number of benzene rings is 3. The van der Waals surface area contributed by atoms with E-state index in [1.165, 1.54) is 11.1 Å². The lowest BCUT2D eigenvalue weighted by atomic mass is 10.1. The van der Waals surface area contributed by atoms with Crippen molar-refractivity contribution in [3.05, 3.63) is 108 Å². The Morgan fingerprint density at radius 1 is 0.733 bits per heavy atom. The minimum absolute atomic E-state index is 0.00670. The van der Waals surface area contributed by atoms with Gasteiger partial charge < -0.3 is 4.74 Å². The van der Waals surface area contributed by atoms with Crippen LogP contribution in [0.25, 0.3) is 0 Å². The second kappa shape index (κ2) is 10.2. The van der Waals surface area contributed by atoms with Crippen LogP contribution in [0.2, 0.25) is 0 Å². The van der Waals surface area contributed by atoms with E-state index in [0.717, 1.165) is 37.9 Å². The van der Waals surface area contributed by atoms with E-state index in [1.807, 2.05) is 30.3 Å². The average molecular weight is 400 g/mol. The second-order valence-electron chi connectivity index (χ2n) is 8.13. The molecule has 0 N–H and O–H groups in total. The molecule has 0 aliphatic heterocycles. The van der Waals surface area contributed by atoms with Crippen molar-refractivity contribution < 1.29 is 9.53 Å². The Hall–Kier alpha value is -2.91. The van der Waals surface area contributed by atoms with Crippen LogP contribution in [-0.4, -0.2) is 16.9 Å².